The van der Waals surface area contributed by atoms with Gasteiger partial charge in [-0.1, -0.05) is 33.8 Å². The van der Waals surface area contributed by atoms with Gasteiger partial charge in [0, 0.05) is 34.6 Å². The van der Waals surface area contributed by atoms with Crippen molar-refractivity contribution in [1.29, 1.82) is 5.26 Å². The molecule has 1 aromatic carbocycles. The van der Waals surface area contributed by atoms with E-state index < -0.39 is 17.2 Å². The number of fused-ring (bicyclic) bond motifs is 1. The fourth-order valence-corrected chi connectivity index (χ4v) is 6.11. The van der Waals surface area contributed by atoms with Gasteiger partial charge in [0.05, 0.1) is 47.6 Å². The first-order chi connectivity index (χ1) is 21.1. The number of rotatable bonds is 14. The topological polar surface area (TPSA) is 122 Å². The number of ether oxygens (including phenoxy) is 2. The maximum absolute atomic E-state index is 14.6. The van der Waals surface area contributed by atoms with E-state index in [1.807, 2.05) is 26.0 Å². The third-order valence-electron chi connectivity index (χ3n) is 9.41. The normalized spacial score (nSPS) is 17.8. The summed E-state index contributed by atoms with van der Waals surface area (Å²) in [4.78, 5) is 21.3. The highest BCUT2D eigenvalue weighted by Gasteiger charge is 2.37. The Balaban J connectivity index is 1.26. The predicted molar refractivity (Wildman–Crippen MR) is 165 cm³/mol. The van der Waals surface area contributed by atoms with Gasteiger partial charge in [0.15, 0.2) is 0 Å². The lowest BCUT2D eigenvalue weighted by molar-refractivity contribution is -0.0590. The maximum atomic E-state index is 14.6. The molecule has 0 bridgehead atoms. The summed E-state index contributed by atoms with van der Waals surface area (Å²) in [5.74, 6) is -0.109. The average molecular weight is 602 g/mol. The Labute approximate surface area is 257 Å². The van der Waals surface area contributed by atoms with Crippen molar-refractivity contribution in [2.45, 2.75) is 78.0 Å². The Morgan fingerprint density at radius 3 is 2.68 bits per heavy atom. The van der Waals surface area contributed by atoms with Crippen molar-refractivity contribution >= 4 is 17.0 Å². The van der Waals surface area contributed by atoms with E-state index in [0.717, 1.165) is 54.8 Å². The number of halogens is 1. The van der Waals surface area contributed by atoms with Gasteiger partial charge in [0.2, 0.25) is 5.88 Å². The van der Waals surface area contributed by atoms with Gasteiger partial charge in [0.25, 0.3) is 0 Å². The molecule has 1 fully saturated rings. The van der Waals surface area contributed by atoms with Gasteiger partial charge in [-0.2, -0.15) is 5.26 Å². The quantitative estimate of drug-likeness (QED) is 0.208. The molecule has 9 nitrogen and oxygen atoms in total. The van der Waals surface area contributed by atoms with Crippen LogP contribution in [0, 0.1) is 16.7 Å². The number of imidazole rings is 1. The van der Waals surface area contributed by atoms with Crippen LogP contribution in [0.3, 0.4) is 0 Å². The summed E-state index contributed by atoms with van der Waals surface area (Å²) >= 11 is 0. The lowest BCUT2D eigenvalue weighted by Crippen LogP contribution is -2.33. The van der Waals surface area contributed by atoms with Crippen molar-refractivity contribution in [1.82, 2.24) is 19.9 Å². The van der Waals surface area contributed by atoms with Gasteiger partial charge in [-0.25, -0.2) is 19.2 Å². The molecule has 3 aromatic rings. The van der Waals surface area contributed by atoms with Gasteiger partial charge in [-0.3, -0.25) is 0 Å². The van der Waals surface area contributed by atoms with Gasteiger partial charge in [-0.05, 0) is 62.6 Å². The molecule has 0 amide bonds. The number of nitriles is 1. The second-order valence-electron chi connectivity index (χ2n) is 12.1. The summed E-state index contributed by atoms with van der Waals surface area (Å²) in [6, 6.07) is 12.8. The minimum absolute atomic E-state index is 0.0185. The van der Waals surface area contributed by atoms with E-state index in [1.165, 1.54) is 6.08 Å². The molecule has 0 unspecified atom stereocenters. The molecule has 1 atom stereocenters. The third-order valence-corrected chi connectivity index (χ3v) is 9.41. The molecule has 1 saturated heterocycles. The van der Waals surface area contributed by atoms with Gasteiger partial charge < -0.3 is 24.5 Å². The molecule has 3 heterocycles. The highest BCUT2D eigenvalue weighted by molar-refractivity contribution is 5.92. The molecule has 0 spiro atoms. The number of hydrogen-bond donors (Lipinski definition) is 2. The van der Waals surface area contributed by atoms with E-state index in [-0.39, 0.29) is 23.7 Å². The van der Waals surface area contributed by atoms with Crippen LogP contribution in [0.25, 0.3) is 11.0 Å². The Bertz CT molecular complexity index is 1640. The second kappa shape index (κ2) is 12.9. The Morgan fingerprint density at radius 2 is 2.05 bits per heavy atom. The van der Waals surface area contributed by atoms with E-state index in [0.29, 0.717) is 36.7 Å². The molecule has 1 aliphatic carbocycles. The van der Waals surface area contributed by atoms with E-state index in [9.17, 15) is 19.6 Å². The first kappa shape index (κ1) is 31.4. The number of nitrogens with one attached hydrogen (secondary N) is 1. The first-order valence-corrected chi connectivity index (χ1v) is 15.3. The number of aromatic nitrogens is 3. The summed E-state index contributed by atoms with van der Waals surface area (Å²) in [5.41, 5.74) is 2.63. The molecule has 0 radical (unpaired) electrons. The molecule has 10 heteroatoms. The van der Waals surface area contributed by atoms with Crippen molar-refractivity contribution < 1.29 is 23.8 Å². The van der Waals surface area contributed by atoms with Gasteiger partial charge in [0.1, 0.15) is 18.3 Å². The highest BCUT2D eigenvalue weighted by Crippen LogP contribution is 2.43. The van der Waals surface area contributed by atoms with E-state index in [1.54, 1.807) is 24.3 Å². The van der Waals surface area contributed by atoms with Crippen LogP contribution < -0.4 is 10.1 Å². The SMILES string of the molecule is CCC(CC)(CCNCc1nc2ccc(C(=O)O)cc2n1C[C@@H]1CCO1)c1cccc(OCC2=C(F)C=C(C#N)C2(C)C)n1. The van der Waals surface area contributed by atoms with Gasteiger partial charge in [-0.15, -0.1) is 0 Å². The molecule has 1 aliphatic heterocycles. The number of aromatic carboxylic acids is 1. The fraction of sp³-hybridized carbons (Fsp3) is 0.471. The number of benzene rings is 1. The zero-order valence-corrected chi connectivity index (χ0v) is 25.8. The van der Waals surface area contributed by atoms with Crippen molar-refractivity contribution in [3.63, 3.8) is 0 Å². The molecule has 2 aromatic heterocycles. The van der Waals surface area contributed by atoms with Crippen LogP contribution in [-0.2, 0) is 23.2 Å². The van der Waals surface area contributed by atoms with Crippen LogP contribution in [0.4, 0.5) is 4.39 Å². The van der Waals surface area contributed by atoms with Crippen molar-refractivity contribution in [3.05, 3.63) is 76.5 Å². The molecule has 0 saturated carbocycles. The zero-order valence-electron chi connectivity index (χ0n) is 25.8. The largest absolute Gasteiger partial charge is 0.478 e. The van der Waals surface area contributed by atoms with E-state index in [2.05, 4.69) is 29.8 Å². The highest BCUT2D eigenvalue weighted by atomic mass is 19.1. The van der Waals surface area contributed by atoms with Crippen LogP contribution in [0.2, 0.25) is 0 Å². The maximum Gasteiger partial charge on any atom is 0.335 e. The second-order valence-corrected chi connectivity index (χ2v) is 12.1. The molecule has 2 N–H and O–H groups in total. The molecule has 2 aliphatic rings. The molecule has 44 heavy (non-hydrogen) atoms. The van der Waals surface area contributed by atoms with Gasteiger partial charge >= 0.3 is 5.97 Å². The van der Waals surface area contributed by atoms with Crippen LogP contribution in [0.15, 0.2) is 59.4 Å². The number of carboxylic acid groups (broad SMARTS) is 1. The standard InChI is InChI=1S/C34H40FN5O4/c1-5-34(6-2,29-8-7-9-31(39-29)44-21-25-26(35)17-23(18-36)33(25,3)4)13-14-37-19-30-38-27-11-10-22(32(41)42)16-28(27)40(30)20-24-12-15-43-24/h7-11,16-17,24,37H,5-6,12-15,19-21H2,1-4H3,(H,41,42)/t24-/m0/s1. The molecular weight excluding hydrogens is 561 g/mol. The summed E-state index contributed by atoms with van der Waals surface area (Å²) in [7, 11) is 0. The van der Waals surface area contributed by atoms with E-state index >= 15 is 0 Å². The fourth-order valence-electron chi connectivity index (χ4n) is 6.11. The first-order valence-electron chi connectivity index (χ1n) is 15.3. The molecular formula is C34H40FN5O4. The van der Waals surface area contributed by atoms with Crippen LogP contribution in [0.5, 0.6) is 5.88 Å². The average Bonchev–Trinajstić information content (AvgIpc) is 3.45. The summed E-state index contributed by atoms with van der Waals surface area (Å²) in [6.07, 6.45) is 4.94. The summed E-state index contributed by atoms with van der Waals surface area (Å²) in [6.45, 7) is 10.6. The number of carbonyl (C=O) groups is 1. The van der Waals surface area contributed by atoms with Crippen molar-refractivity contribution in [2.75, 3.05) is 19.8 Å². The minimum Gasteiger partial charge on any atom is -0.478 e. The Hall–Kier alpha value is -4.07. The van der Waals surface area contributed by atoms with Crippen LogP contribution in [-0.4, -0.2) is 51.5 Å². The molecule has 5 rings (SSSR count). The molecule has 232 valence electrons. The summed E-state index contributed by atoms with van der Waals surface area (Å²) < 4.78 is 28.4. The smallest absolute Gasteiger partial charge is 0.335 e. The third kappa shape index (κ3) is 6.12. The summed E-state index contributed by atoms with van der Waals surface area (Å²) in [5, 5.41) is 22.5. The van der Waals surface area contributed by atoms with Crippen molar-refractivity contribution in [3.8, 4) is 11.9 Å². The van der Waals surface area contributed by atoms with Crippen molar-refractivity contribution in [2.24, 2.45) is 5.41 Å². The Morgan fingerprint density at radius 1 is 1.27 bits per heavy atom. The zero-order chi connectivity index (χ0) is 31.5. The van der Waals surface area contributed by atoms with E-state index in [4.69, 9.17) is 19.4 Å². The number of hydrogen-bond acceptors (Lipinski definition) is 7. The number of allylic oxidation sites excluding steroid dienone is 3. The number of pyridine rings is 1. The Kier molecular flexibility index (Phi) is 9.18. The predicted octanol–water partition coefficient (Wildman–Crippen LogP) is 6.25. The monoisotopic (exact) mass is 601 g/mol. The van der Waals surface area contributed by atoms with Crippen LogP contribution in [0.1, 0.15) is 75.3 Å². The lowest BCUT2D eigenvalue weighted by Gasteiger charge is -2.32. The van der Waals surface area contributed by atoms with Crippen LogP contribution >= 0.6 is 0 Å². The minimum atomic E-state index is -0.963. The number of carboxylic acids is 1. The number of nitrogens with zero attached hydrogens (tertiary/aromatic N) is 4. The lowest BCUT2D eigenvalue weighted by atomic mass is 9.76.